The lowest BCUT2D eigenvalue weighted by Gasteiger charge is -2.40. The van der Waals surface area contributed by atoms with Crippen LogP contribution in [0.4, 0.5) is 0 Å². The fourth-order valence-corrected chi connectivity index (χ4v) is 3.45. The molecule has 1 aromatic rings. The number of benzene rings is 1. The standard InChI is InChI=1S/C17H28N2O/c1-4-17(5-2,20-3)16(19-18)15-12-7-6-11-14(15)13-9-8-10-13/h6-7,11-13,16,19H,4-5,8-10,18H2,1-3H3. The molecule has 3 heteroatoms. The van der Waals surface area contributed by atoms with Crippen LogP contribution in [0.3, 0.4) is 0 Å². The molecule has 1 fully saturated rings. The van der Waals surface area contributed by atoms with Crippen molar-refractivity contribution in [3.8, 4) is 0 Å². The summed E-state index contributed by atoms with van der Waals surface area (Å²) in [5.74, 6) is 6.62. The molecule has 0 heterocycles. The summed E-state index contributed by atoms with van der Waals surface area (Å²) < 4.78 is 5.89. The molecule has 0 bridgehead atoms. The Morgan fingerprint density at radius 2 is 1.95 bits per heavy atom. The fourth-order valence-electron chi connectivity index (χ4n) is 3.45. The topological polar surface area (TPSA) is 47.3 Å². The van der Waals surface area contributed by atoms with Gasteiger partial charge < -0.3 is 4.74 Å². The lowest BCUT2D eigenvalue weighted by atomic mass is 9.74. The molecule has 0 spiro atoms. The Kier molecular flexibility index (Phi) is 5.19. The minimum atomic E-state index is -0.241. The summed E-state index contributed by atoms with van der Waals surface area (Å²) in [4.78, 5) is 0. The third-order valence-electron chi connectivity index (χ3n) is 5.15. The number of ether oxygens (including phenoxy) is 1. The number of nitrogens with two attached hydrogens (primary N) is 1. The van der Waals surface area contributed by atoms with E-state index in [2.05, 4.69) is 43.5 Å². The minimum Gasteiger partial charge on any atom is -0.376 e. The zero-order valence-corrected chi connectivity index (χ0v) is 13.0. The predicted octanol–water partition coefficient (Wildman–Crippen LogP) is 3.66. The average Bonchev–Trinajstić information content (AvgIpc) is 2.44. The van der Waals surface area contributed by atoms with E-state index in [9.17, 15) is 0 Å². The second-order valence-electron chi connectivity index (χ2n) is 5.83. The van der Waals surface area contributed by atoms with E-state index < -0.39 is 0 Å². The van der Waals surface area contributed by atoms with Gasteiger partial charge >= 0.3 is 0 Å². The molecule has 2 rings (SSSR count). The van der Waals surface area contributed by atoms with Crippen LogP contribution in [0.5, 0.6) is 0 Å². The SMILES string of the molecule is CCC(CC)(OC)C(NN)c1ccccc1C1CCC1. The first-order valence-corrected chi connectivity index (χ1v) is 7.82. The van der Waals surface area contributed by atoms with Crippen LogP contribution in [-0.2, 0) is 4.74 Å². The molecule has 1 aromatic carbocycles. The highest BCUT2D eigenvalue weighted by Gasteiger charge is 2.38. The van der Waals surface area contributed by atoms with Crippen molar-refractivity contribution in [2.75, 3.05) is 7.11 Å². The molecule has 1 unspecified atom stereocenters. The van der Waals surface area contributed by atoms with E-state index in [1.54, 1.807) is 7.11 Å². The van der Waals surface area contributed by atoms with Gasteiger partial charge in [0.15, 0.2) is 0 Å². The molecule has 3 N–H and O–H groups in total. The van der Waals surface area contributed by atoms with Crippen molar-refractivity contribution in [3.63, 3.8) is 0 Å². The fraction of sp³-hybridized carbons (Fsp3) is 0.647. The number of nitrogens with one attached hydrogen (secondary N) is 1. The van der Waals surface area contributed by atoms with E-state index >= 15 is 0 Å². The Labute approximate surface area is 122 Å². The molecule has 1 atom stereocenters. The molecule has 1 aliphatic carbocycles. The van der Waals surface area contributed by atoms with E-state index in [0.29, 0.717) is 5.92 Å². The molecular formula is C17H28N2O. The summed E-state index contributed by atoms with van der Waals surface area (Å²) >= 11 is 0. The van der Waals surface area contributed by atoms with Crippen molar-refractivity contribution < 1.29 is 4.74 Å². The van der Waals surface area contributed by atoms with Crippen LogP contribution in [0.25, 0.3) is 0 Å². The molecule has 1 aliphatic rings. The third-order valence-corrected chi connectivity index (χ3v) is 5.15. The van der Waals surface area contributed by atoms with Crippen LogP contribution in [0, 0.1) is 0 Å². The minimum absolute atomic E-state index is 0.0410. The Bertz CT molecular complexity index is 416. The first kappa shape index (κ1) is 15.5. The molecule has 0 aliphatic heterocycles. The Morgan fingerprint density at radius 3 is 2.40 bits per heavy atom. The van der Waals surface area contributed by atoms with Gasteiger partial charge in [-0.1, -0.05) is 44.5 Å². The highest BCUT2D eigenvalue weighted by atomic mass is 16.5. The van der Waals surface area contributed by atoms with Gasteiger partial charge in [-0.25, -0.2) is 0 Å². The van der Waals surface area contributed by atoms with Gasteiger partial charge in [0, 0.05) is 7.11 Å². The predicted molar refractivity (Wildman–Crippen MR) is 83.4 cm³/mol. The van der Waals surface area contributed by atoms with Gasteiger partial charge in [-0.2, -0.15) is 0 Å². The van der Waals surface area contributed by atoms with Gasteiger partial charge in [0.25, 0.3) is 0 Å². The number of hydrazine groups is 1. The molecular weight excluding hydrogens is 248 g/mol. The van der Waals surface area contributed by atoms with Crippen LogP contribution in [0.15, 0.2) is 24.3 Å². The summed E-state index contributed by atoms with van der Waals surface area (Å²) in [6.07, 6.45) is 5.82. The first-order chi connectivity index (χ1) is 9.72. The number of hydrogen-bond acceptors (Lipinski definition) is 3. The molecule has 0 amide bonds. The molecule has 3 nitrogen and oxygen atoms in total. The summed E-state index contributed by atoms with van der Waals surface area (Å²) in [6.45, 7) is 4.34. The highest BCUT2D eigenvalue weighted by Crippen LogP contribution is 2.43. The van der Waals surface area contributed by atoms with Crippen molar-refractivity contribution in [2.24, 2.45) is 5.84 Å². The third kappa shape index (κ3) is 2.62. The van der Waals surface area contributed by atoms with Crippen molar-refractivity contribution in [3.05, 3.63) is 35.4 Å². The largest absolute Gasteiger partial charge is 0.376 e. The lowest BCUT2D eigenvalue weighted by Crippen LogP contribution is -2.48. The lowest BCUT2D eigenvalue weighted by molar-refractivity contribution is -0.0490. The second kappa shape index (κ2) is 6.70. The van der Waals surface area contributed by atoms with Crippen LogP contribution in [-0.4, -0.2) is 12.7 Å². The maximum Gasteiger partial charge on any atom is 0.0880 e. The second-order valence-corrected chi connectivity index (χ2v) is 5.83. The summed E-state index contributed by atoms with van der Waals surface area (Å²) in [5, 5.41) is 0. The number of hydrogen-bond donors (Lipinski definition) is 2. The van der Waals surface area contributed by atoms with E-state index in [1.165, 1.54) is 30.4 Å². The van der Waals surface area contributed by atoms with Crippen LogP contribution in [0.1, 0.15) is 69.0 Å². The summed E-state index contributed by atoms with van der Waals surface area (Å²) in [7, 11) is 1.79. The Balaban J connectivity index is 2.40. The van der Waals surface area contributed by atoms with Crippen molar-refractivity contribution in [2.45, 2.75) is 63.5 Å². The van der Waals surface area contributed by atoms with Crippen LogP contribution in [0.2, 0.25) is 0 Å². The molecule has 20 heavy (non-hydrogen) atoms. The van der Waals surface area contributed by atoms with Crippen molar-refractivity contribution in [1.29, 1.82) is 0 Å². The van der Waals surface area contributed by atoms with Crippen LogP contribution >= 0.6 is 0 Å². The average molecular weight is 276 g/mol. The Morgan fingerprint density at radius 1 is 1.30 bits per heavy atom. The molecule has 1 saturated carbocycles. The van der Waals surface area contributed by atoms with E-state index in [1.807, 2.05) is 0 Å². The number of rotatable bonds is 7. The number of methoxy groups -OCH3 is 1. The quantitative estimate of drug-likeness (QED) is 0.590. The van der Waals surface area contributed by atoms with Gasteiger partial charge in [-0.05, 0) is 42.7 Å². The molecule has 0 radical (unpaired) electrons. The van der Waals surface area contributed by atoms with Gasteiger partial charge in [0.1, 0.15) is 0 Å². The normalized spacial score (nSPS) is 17.8. The van der Waals surface area contributed by atoms with Gasteiger partial charge in [0.2, 0.25) is 0 Å². The van der Waals surface area contributed by atoms with Gasteiger partial charge in [0.05, 0.1) is 11.6 Å². The van der Waals surface area contributed by atoms with Gasteiger partial charge in [-0.3, -0.25) is 11.3 Å². The van der Waals surface area contributed by atoms with E-state index in [0.717, 1.165) is 12.8 Å². The summed E-state index contributed by atoms with van der Waals surface area (Å²) in [6, 6.07) is 8.75. The van der Waals surface area contributed by atoms with E-state index in [4.69, 9.17) is 10.6 Å². The monoisotopic (exact) mass is 276 g/mol. The zero-order valence-electron chi connectivity index (χ0n) is 13.0. The van der Waals surface area contributed by atoms with Gasteiger partial charge in [-0.15, -0.1) is 0 Å². The molecule has 112 valence electrons. The Hall–Kier alpha value is -0.900. The maximum absolute atomic E-state index is 5.92. The zero-order chi connectivity index (χ0) is 14.6. The maximum atomic E-state index is 5.92. The highest BCUT2D eigenvalue weighted by molar-refractivity contribution is 5.36. The molecule has 0 saturated heterocycles. The smallest absolute Gasteiger partial charge is 0.0880 e. The molecule has 0 aromatic heterocycles. The first-order valence-electron chi connectivity index (χ1n) is 7.82. The van der Waals surface area contributed by atoms with Crippen molar-refractivity contribution >= 4 is 0 Å². The van der Waals surface area contributed by atoms with Crippen LogP contribution < -0.4 is 11.3 Å². The van der Waals surface area contributed by atoms with E-state index in [-0.39, 0.29) is 11.6 Å². The van der Waals surface area contributed by atoms with Crippen molar-refractivity contribution in [1.82, 2.24) is 5.43 Å². The summed E-state index contributed by atoms with van der Waals surface area (Å²) in [5.41, 5.74) is 5.55.